The number of hydrogen-bond acceptors (Lipinski definition) is 3. The molecule has 1 aromatic rings. The smallest absolute Gasteiger partial charge is 0.245 e. The molecule has 2 amide bonds. The predicted molar refractivity (Wildman–Crippen MR) is 96.1 cm³/mol. The molecule has 0 spiro atoms. The summed E-state index contributed by atoms with van der Waals surface area (Å²) >= 11 is 0. The van der Waals surface area contributed by atoms with Crippen molar-refractivity contribution in [2.45, 2.75) is 64.1 Å². The average molecular weight is 344 g/mol. The molecule has 0 aromatic heterocycles. The monoisotopic (exact) mass is 344 g/mol. The summed E-state index contributed by atoms with van der Waals surface area (Å²) in [5, 5.41) is 2.93. The summed E-state index contributed by atoms with van der Waals surface area (Å²) in [6.07, 6.45) is 5.42. The molecule has 1 saturated carbocycles. The second-order valence-corrected chi connectivity index (χ2v) is 7.26. The highest BCUT2D eigenvalue weighted by Gasteiger charge is 2.37. The lowest BCUT2D eigenvalue weighted by Gasteiger charge is -2.33. The molecule has 0 unspecified atom stereocenters. The van der Waals surface area contributed by atoms with E-state index in [0.717, 1.165) is 30.6 Å². The Balaban J connectivity index is 1.75. The van der Waals surface area contributed by atoms with Crippen LogP contribution in [-0.4, -0.2) is 35.9 Å². The van der Waals surface area contributed by atoms with Crippen molar-refractivity contribution >= 4 is 11.8 Å². The van der Waals surface area contributed by atoms with Crippen molar-refractivity contribution in [1.29, 1.82) is 0 Å². The van der Waals surface area contributed by atoms with E-state index in [-0.39, 0.29) is 23.9 Å². The van der Waals surface area contributed by atoms with Crippen molar-refractivity contribution in [3.05, 3.63) is 29.8 Å². The highest BCUT2D eigenvalue weighted by Crippen LogP contribution is 2.36. The molecular formula is C20H28N2O3. The molecule has 1 heterocycles. The maximum atomic E-state index is 13.2. The first-order valence-corrected chi connectivity index (χ1v) is 9.31. The predicted octanol–water partition coefficient (Wildman–Crippen LogP) is 2.88. The number of carbonyl (C=O) groups excluding carboxylic acids is 2. The molecular weight excluding hydrogens is 316 g/mol. The minimum Gasteiger partial charge on any atom is -0.497 e. The Kier molecular flexibility index (Phi) is 5.61. The van der Waals surface area contributed by atoms with E-state index in [1.54, 1.807) is 7.11 Å². The van der Waals surface area contributed by atoms with Gasteiger partial charge in [0.25, 0.3) is 0 Å². The third kappa shape index (κ3) is 4.53. The van der Waals surface area contributed by atoms with Crippen molar-refractivity contribution in [2.24, 2.45) is 5.92 Å². The van der Waals surface area contributed by atoms with Crippen LogP contribution < -0.4 is 10.1 Å². The third-order valence-electron chi connectivity index (χ3n) is 5.37. The van der Waals surface area contributed by atoms with Gasteiger partial charge in [-0.1, -0.05) is 18.6 Å². The molecule has 5 nitrogen and oxygen atoms in total. The van der Waals surface area contributed by atoms with Crippen molar-refractivity contribution in [3.63, 3.8) is 0 Å². The lowest BCUT2D eigenvalue weighted by molar-refractivity contribution is -0.139. The van der Waals surface area contributed by atoms with E-state index in [4.69, 9.17) is 4.74 Å². The van der Waals surface area contributed by atoms with Gasteiger partial charge < -0.3 is 15.0 Å². The minimum absolute atomic E-state index is 0.000627. The van der Waals surface area contributed by atoms with Gasteiger partial charge in [-0.2, -0.15) is 0 Å². The van der Waals surface area contributed by atoms with Gasteiger partial charge >= 0.3 is 0 Å². The van der Waals surface area contributed by atoms with Gasteiger partial charge in [-0.25, -0.2) is 0 Å². The number of carbonyl (C=O) groups is 2. The SMILES string of the molecule is COc1ccc(CN(C(=O)[C@H]2CCCCC(=O)N2)[C@H](C)C2CC2)cc1. The summed E-state index contributed by atoms with van der Waals surface area (Å²) in [7, 11) is 1.65. The number of hydrogen-bond donors (Lipinski definition) is 1. The Morgan fingerprint density at radius 2 is 1.96 bits per heavy atom. The van der Waals surface area contributed by atoms with Crippen LogP contribution in [0.4, 0.5) is 0 Å². The number of amides is 2. The van der Waals surface area contributed by atoms with Gasteiger partial charge in [0.05, 0.1) is 7.11 Å². The van der Waals surface area contributed by atoms with Crippen molar-refractivity contribution in [1.82, 2.24) is 10.2 Å². The van der Waals surface area contributed by atoms with Gasteiger partial charge in [0.2, 0.25) is 11.8 Å². The van der Waals surface area contributed by atoms with Gasteiger partial charge in [-0.3, -0.25) is 9.59 Å². The van der Waals surface area contributed by atoms with Crippen LogP contribution in [0.15, 0.2) is 24.3 Å². The summed E-state index contributed by atoms with van der Waals surface area (Å²) in [5.74, 6) is 1.46. The molecule has 3 rings (SSSR count). The maximum Gasteiger partial charge on any atom is 0.245 e. The van der Waals surface area contributed by atoms with Gasteiger partial charge in [-0.15, -0.1) is 0 Å². The number of methoxy groups -OCH3 is 1. The molecule has 1 aliphatic heterocycles. The quantitative estimate of drug-likeness (QED) is 0.863. The highest BCUT2D eigenvalue weighted by atomic mass is 16.5. The molecule has 2 fully saturated rings. The molecule has 1 saturated heterocycles. The molecule has 2 atom stereocenters. The minimum atomic E-state index is -0.380. The first-order chi connectivity index (χ1) is 12.1. The van der Waals surface area contributed by atoms with Crippen LogP contribution in [0.3, 0.4) is 0 Å². The lowest BCUT2D eigenvalue weighted by atomic mass is 10.1. The maximum absolute atomic E-state index is 13.2. The van der Waals surface area contributed by atoms with E-state index >= 15 is 0 Å². The van der Waals surface area contributed by atoms with Crippen LogP contribution in [-0.2, 0) is 16.1 Å². The van der Waals surface area contributed by atoms with Crippen molar-refractivity contribution < 1.29 is 14.3 Å². The number of benzene rings is 1. The van der Waals surface area contributed by atoms with Gasteiger partial charge in [-0.05, 0) is 56.2 Å². The second kappa shape index (κ2) is 7.89. The molecule has 0 radical (unpaired) electrons. The zero-order valence-corrected chi connectivity index (χ0v) is 15.2. The van der Waals surface area contributed by atoms with Crippen LogP contribution >= 0.6 is 0 Å². The number of ether oxygens (including phenoxy) is 1. The third-order valence-corrected chi connectivity index (χ3v) is 5.37. The van der Waals surface area contributed by atoms with Crippen molar-refractivity contribution in [2.75, 3.05) is 7.11 Å². The molecule has 25 heavy (non-hydrogen) atoms. The van der Waals surface area contributed by atoms with Crippen LogP contribution in [0.5, 0.6) is 5.75 Å². The number of nitrogens with zero attached hydrogens (tertiary/aromatic N) is 1. The molecule has 1 N–H and O–H groups in total. The molecule has 136 valence electrons. The van der Waals surface area contributed by atoms with Gasteiger partial charge in [0.15, 0.2) is 0 Å². The number of rotatable bonds is 6. The summed E-state index contributed by atoms with van der Waals surface area (Å²) in [5.41, 5.74) is 1.08. The summed E-state index contributed by atoms with van der Waals surface area (Å²) in [4.78, 5) is 27.0. The fraction of sp³-hybridized carbons (Fsp3) is 0.600. The molecule has 5 heteroatoms. The van der Waals surface area contributed by atoms with Crippen LogP contribution in [0.2, 0.25) is 0 Å². The van der Waals surface area contributed by atoms with Gasteiger partial charge in [0.1, 0.15) is 11.8 Å². The zero-order valence-electron chi connectivity index (χ0n) is 15.2. The van der Waals surface area contributed by atoms with Crippen LogP contribution in [0, 0.1) is 5.92 Å². The van der Waals surface area contributed by atoms with E-state index in [0.29, 0.717) is 18.9 Å². The number of nitrogens with one attached hydrogen (secondary N) is 1. The summed E-state index contributed by atoms with van der Waals surface area (Å²) in [6, 6.07) is 7.68. The topological polar surface area (TPSA) is 58.6 Å². The standard InChI is InChI=1S/C20H28N2O3/c1-14(16-9-10-16)22(13-15-7-11-17(25-2)12-8-15)20(24)18-5-3-4-6-19(23)21-18/h7-8,11-12,14,16,18H,3-6,9-10,13H2,1-2H3,(H,21,23)/t14-,18-/m1/s1. The molecule has 0 bridgehead atoms. The van der Waals surface area contributed by atoms with Gasteiger partial charge in [0, 0.05) is 19.0 Å². The van der Waals surface area contributed by atoms with Crippen LogP contribution in [0.25, 0.3) is 0 Å². The molecule has 1 aliphatic carbocycles. The lowest BCUT2D eigenvalue weighted by Crippen LogP contribution is -2.50. The normalized spacial score (nSPS) is 21.8. The fourth-order valence-electron chi connectivity index (χ4n) is 3.54. The van der Waals surface area contributed by atoms with E-state index in [1.807, 2.05) is 29.2 Å². The van der Waals surface area contributed by atoms with Crippen molar-refractivity contribution in [3.8, 4) is 5.75 Å². The van der Waals surface area contributed by atoms with Crippen LogP contribution in [0.1, 0.15) is 51.0 Å². The average Bonchev–Trinajstić information content (AvgIpc) is 3.47. The zero-order chi connectivity index (χ0) is 17.8. The highest BCUT2D eigenvalue weighted by molar-refractivity contribution is 5.88. The Labute approximate surface area is 149 Å². The largest absolute Gasteiger partial charge is 0.497 e. The Bertz CT molecular complexity index is 610. The Morgan fingerprint density at radius 1 is 1.24 bits per heavy atom. The Hall–Kier alpha value is -2.04. The van der Waals surface area contributed by atoms with E-state index in [1.165, 1.54) is 12.8 Å². The molecule has 1 aromatic carbocycles. The fourth-order valence-corrected chi connectivity index (χ4v) is 3.54. The van der Waals surface area contributed by atoms with E-state index in [2.05, 4.69) is 12.2 Å². The summed E-state index contributed by atoms with van der Waals surface area (Å²) in [6.45, 7) is 2.71. The second-order valence-electron chi connectivity index (χ2n) is 7.26. The van der Waals surface area contributed by atoms with E-state index in [9.17, 15) is 9.59 Å². The first-order valence-electron chi connectivity index (χ1n) is 9.31. The van der Waals surface area contributed by atoms with E-state index < -0.39 is 0 Å². The first kappa shape index (κ1) is 17.8. The molecule has 2 aliphatic rings. The Morgan fingerprint density at radius 3 is 2.60 bits per heavy atom. The summed E-state index contributed by atoms with van der Waals surface area (Å²) < 4.78 is 5.21.